The highest BCUT2D eigenvalue weighted by Crippen LogP contribution is 2.31. The van der Waals surface area contributed by atoms with Gasteiger partial charge in [-0.1, -0.05) is 52.0 Å². The van der Waals surface area contributed by atoms with Gasteiger partial charge in [0.2, 0.25) is 0 Å². The van der Waals surface area contributed by atoms with Crippen molar-refractivity contribution in [2.75, 3.05) is 0 Å². The van der Waals surface area contributed by atoms with Gasteiger partial charge in [-0.15, -0.1) is 11.3 Å². The molecule has 0 bridgehead atoms. The van der Waals surface area contributed by atoms with Gasteiger partial charge in [0.25, 0.3) is 0 Å². The van der Waals surface area contributed by atoms with E-state index in [1.54, 1.807) is 11.3 Å². The zero-order valence-corrected chi connectivity index (χ0v) is 14.3. The van der Waals surface area contributed by atoms with Crippen LogP contribution >= 0.6 is 11.3 Å². The molecule has 0 saturated carbocycles. The molecule has 2 nitrogen and oxygen atoms in total. The molecule has 0 saturated heterocycles. The molecule has 2 aromatic rings. The van der Waals surface area contributed by atoms with Crippen molar-refractivity contribution < 1.29 is 0 Å². The number of thiazole rings is 1. The van der Waals surface area contributed by atoms with E-state index in [1.165, 1.54) is 11.1 Å². The van der Waals surface area contributed by atoms with Crippen molar-refractivity contribution in [2.24, 2.45) is 11.7 Å². The highest BCUT2D eigenvalue weighted by molar-refractivity contribution is 7.10. The molecule has 1 aromatic heterocycles. The average molecular weight is 302 g/mol. The lowest BCUT2D eigenvalue weighted by Crippen LogP contribution is -2.34. The van der Waals surface area contributed by atoms with Gasteiger partial charge in [-0.05, 0) is 30.7 Å². The molecule has 2 N–H and O–H groups in total. The molecule has 0 spiro atoms. The van der Waals surface area contributed by atoms with Crippen molar-refractivity contribution in [2.45, 2.75) is 52.5 Å². The molecule has 0 aliphatic rings. The topological polar surface area (TPSA) is 38.9 Å². The zero-order chi connectivity index (χ0) is 15.5. The molecular weight excluding hydrogens is 276 g/mol. The summed E-state index contributed by atoms with van der Waals surface area (Å²) < 4.78 is 0. The maximum Gasteiger partial charge on any atom is 0.113 e. The summed E-state index contributed by atoms with van der Waals surface area (Å²) in [7, 11) is 0. The molecule has 2 rings (SSSR count). The van der Waals surface area contributed by atoms with E-state index in [1.807, 2.05) is 0 Å². The first-order valence-corrected chi connectivity index (χ1v) is 8.70. The number of rotatable bonds is 6. The molecule has 21 heavy (non-hydrogen) atoms. The van der Waals surface area contributed by atoms with Crippen LogP contribution in [0.3, 0.4) is 0 Å². The third-order valence-corrected chi connectivity index (χ3v) is 5.15. The van der Waals surface area contributed by atoms with E-state index in [0.717, 1.165) is 30.0 Å². The Morgan fingerprint density at radius 3 is 2.29 bits per heavy atom. The Labute approximate surface area is 132 Å². The maximum absolute atomic E-state index is 6.44. The van der Waals surface area contributed by atoms with Crippen molar-refractivity contribution in [3.05, 3.63) is 40.2 Å². The van der Waals surface area contributed by atoms with E-state index in [0.29, 0.717) is 5.92 Å². The summed E-state index contributed by atoms with van der Waals surface area (Å²) in [5, 5.41) is 3.17. The van der Waals surface area contributed by atoms with Crippen LogP contribution in [0.5, 0.6) is 0 Å². The Hall–Kier alpha value is -1.19. The molecule has 0 aliphatic carbocycles. The molecule has 0 radical (unpaired) electrons. The van der Waals surface area contributed by atoms with Crippen LogP contribution in [0.1, 0.15) is 51.1 Å². The fraction of sp³-hybridized carbons (Fsp3) is 0.500. The second-order valence-electron chi connectivity index (χ2n) is 6.20. The first-order valence-electron chi connectivity index (χ1n) is 7.82. The summed E-state index contributed by atoms with van der Waals surface area (Å²) in [4.78, 5) is 4.78. The van der Waals surface area contributed by atoms with Crippen molar-refractivity contribution in [3.8, 4) is 11.3 Å². The minimum atomic E-state index is -0.277. The predicted molar refractivity (Wildman–Crippen MR) is 92.5 cm³/mol. The normalized spacial score (nSPS) is 12.1. The molecule has 0 amide bonds. The molecular formula is C18H26N2S. The number of hydrogen-bond donors (Lipinski definition) is 1. The van der Waals surface area contributed by atoms with Gasteiger partial charge in [-0.3, -0.25) is 0 Å². The summed E-state index contributed by atoms with van der Waals surface area (Å²) in [6, 6.07) is 8.77. The second-order valence-corrected chi connectivity index (χ2v) is 7.05. The van der Waals surface area contributed by atoms with Gasteiger partial charge in [-0.25, -0.2) is 4.98 Å². The van der Waals surface area contributed by atoms with Gasteiger partial charge >= 0.3 is 0 Å². The SMILES string of the molecule is CCC(N)(CC)c1nc(-c2ccc(CC(C)C)cc2)cs1. The summed E-state index contributed by atoms with van der Waals surface area (Å²) in [5.74, 6) is 0.689. The minimum Gasteiger partial charge on any atom is -0.319 e. The monoisotopic (exact) mass is 302 g/mol. The number of nitrogens with zero attached hydrogens (tertiary/aromatic N) is 1. The van der Waals surface area contributed by atoms with Crippen molar-refractivity contribution in [1.82, 2.24) is 4.98 Å². The predicted octanol–water partition coefficient (Wildman–Crippen LogP) is 4.98. The first-order chi connectivity index (χ1) is 9.98. The quantitative estimate of drug-likeness (QED) is 0.817. The van der Waals surface area contributed by atoms with Gasteiger partial charge in [0.1, 0.15) is 5.01 Å². The highest BCUT2D eigenvalue weighted by Gasteiger charge is 2.26. The lowest BCUT2D eigenvalue weighted by atomic mass is 9.95. The molecule has 1 aromatic carbocycles. The van der Waals surface area contributed by atoms with E-state index in [4.69, 9.17) is 10.7 Å². The van der Waals surface area contributed by atoms with Crippen LogP contribution in [-0.2, 0) is 12.0 Å². The van der Waals surface area contributed by atoms with Crippen LogP contribution in [0, 0.1) is 5.92 Å². The summed E-state index contributed by atoms with van der Waals surface area (Å²) in [6.07, 6.45) is 2.97. The van der Waals surface area contributed by atoms with Gasteiger partial charge in [0.15, 0.2) is 0 Å². The number of aromatic nitrogens is 1. The zero-order valence-electron chi connectivity index (χ0n) is 13.5. The fourth-order valence-electron chi connectivity index (χ4n) is 2.47. The summed E-state index contributed by atoms with van der Waals surface area (Å²) in [5.41, 5.74) is 9.77. The molecule has 1 heterocycles. The molecule has 0 unspecified atom stereocenters. The van der Waals surface area contributed by atoms with Crippen molar-refractivity contribution >= 4 is 11.3 Å². The highest BCUT2D eigenvalue weighted by atomic mass is 32.1. The van der Waals surface area contributed by atoms with Gasteiger partial charge < -0.3 is 5.73 Å². The van der Waals surface area contributed by atoms with E-state index in [2.05, 4.69) is 57.3 Å². The number of hydrogen-bond acceptors (Lipinski definition) is 3. The molecule has 114 valence electrons. The largest absolute Gasteiger partial charge is 0.319 e. The van der Waals surface area contributed by atoms with E-state index >= 15 is 0 Å². The van der Waals surface area contributed by atoms with Gasteiger partial charge in [-0.2, -0.15) is 0 Å². The molecule has 3 heteroatoms. The van der Waals surface area contributed by atoms with Gasteiger partial charge in [0.05, 0.1) is 11.2 Å². The van der Waals surface area contributed by atoms with Crippen LogP contribution in [0.15, 0.2) is 29.6 Å². The van der Waals surface area contributed by atoms with Crippen molar-refractivity contribution in [3.63, 3.8) is 0 Å². The summed E-state index contributed by atoms with van der Waals surface area (Å²) in [6.45, 7) is 8.75. The fourth-order valence-corrected chi connectivity index (χ4v) is 3.56. The lowest BCUT2D eigenvalue weighted by Gasteiger charge is -2.23. The minimum absolute atomic E-state index is 0.277. The Morgan fingerprint density at radius 2 is 1.76 bits per heavy atom. The van der Waals surface area contributed by atoms with Crippen LogP contribution in [0.25, 0.3) is 11.3 Å². The Kier molecular flexibility index (Phi) is 5.17. The smallest absolute Gasteiger partial charge is 0.113 e. The van der Waals surface area contributed by atoms with Crippen LogP contribution < -0.4 is 5.73 Å². The van der Waals surface area contributed by atoms with E-state index < -0.39 is 0 Å². The Morgan fingerprint density at radius 1 is 1.14 bits per heavy atom. The second kappa shape index (κ2) is 6.71. The lowest BCUT2D eigenvalue weighted by molar-refractivity contribution is 0.411. The van der Waals surface area contributed by atoms with Crippen molar-refractivity contribution in [1.29, 1.82) is 0 Å². The number of nitrogens with two attached hydrogens (primary N) is 1. The summed E-state index contributed by atoms with van der Waals surface area (Å²) >= 11 is 1.68. The molecule has 0 fully saturated rings. The first kappa shape index (κ1) is 16.2. The third-order valence-electron chi connectivity index (χ3n) is 4.09. The Bertz CT molecular complexity index is 565. The third kappa shape index (κ3) is 3.72. The van der Waals surface area contributed by atoms with E-state index in [9.17, 15) is 0 Å². The maximum atomic E-state index is 6.44. The standard InChI is InChI=1S/C18H26N2S/c1-5-18(19,6-2)17-20-16(12-21-17)15-9-7-14(8-10-15)11-13(3)4/h7-10,12-13H,5-6,11,19H2,1-4H3. The molecule has 0 aliphatic heterocycles. The van der Waals surface area contributed by atoms with Crippen LogP contribution in [0.2, 0.25) is 0 Å². The Balaban J connectivity index is 2.21. The van der Waals surface area contributed by atoms with Gasteiger partial charge in [0, 0.05) is 10.9 Å². The molecule has 0 atom stereocenters. The van der Waals surface area contributed by atoms with Crippen LogP contribution in [-0.4, -0.2) is 4.98 Å². The number of benzene rings is 1. The van der Waals surface area contributed by atoms with E-state index in [-0.39, 0.29) is 5.54 Å². The average Bonchev–Trinajstić information content (AvgIpc) is 2.97. The van der Waals surface area contributed by atoms with Crippen LogP contribution in [0.4, 0.5) is 0 Å².